The summed E-state index contributed by atoms with van der Waals surface area (Å²) in [5.41, 5.74) is 1.99. The lowest BCUT2D eigenvalue weighted by atomic mass is 10.1. The van der Waals surface area contributed by atoms with E-state index >= 15 is 0 Å². The average molecular weight is 529 g/mol. The van der Waals surface area contributed by atoms with Crippen molar-refractivity contribution in [3.05, 3.63) is 65.4 Å². The van der Waals surface area contributed by atoms with Crippen LogP contribution in [0.4, 0.5) is 13.6 Å². The van der Waals surface area contributed by atoms with E-state index < -0.39 is 11.6 Å². The summed E-state index contributed by atoms with van der Waals surface area (Å²) in [5.74, 6) is -0.778. The Morgan fingerprint density at radius 2 is 2.00 bits per heavy atom. The van der Waals surface area contributed by atoms with Crippen LogP contribution in [0.1, 0.15) is 44.4 Å². The lowest BCUT2D eigenvalue weighted by Gasteiger charge is -2.26. The molecule has 0 radical (unpaired) electrons. The van der Waals surface area contributed by atoms with E-state index in [2.05, 4.69) is 5.32 Å². The van der Waals surface area contributed by atoms with Crippen molar-refractivity contribution in [2.45, 2.75) is 52.2 Å². The maximum absolute atomic E-state index is 14.7. The fraction of sp³-hybridized carbons (Fsp3) is 0.429. The van der Waals surface area contributed by atoms with Gasteiger partial charge in [-0.05, 0) is 62.1 Å². The van der Waals surface area contributed by atoms with E-state index in [0.717, 1.165) is 31.4 Å². The normalized spacial score (nSPS) is 14.9. The molecular formula is C28H34F2N4O4. The number of amides is 2. The summed E-state index contributed by atoms with van der Waals surface area (Å²) in [5, 5.41) is 7.72. The number of aryl methyl sites for hydroxylation is 1. The summed E-state index contributed by atoms with van der Waals surface area (Å²) in [6.45, 7) is 5.72. The number of hydrogen-bond acceptors (Lipinski definition) is 5. The molecule has 1 saturated heterocycles. The number of nitrogens with one attached hydrogen (secondary N) is 1. The van der Waals surface area contributed by atoms with Crippen LogP contribution in [0.15, 0.2) is 42.5 Å². The molecular weight excluding hydrogens is 494 g/mol. The Morgan fingerprint density at radius 3 is 2.63 bits per heavy atom. The lowest BCUT2D eigenvalue weighted by Crippen LogP contribution is -2.43. The Bertz CT molecular complexity index is 1230. The summed E-state index contributed by atoms with van der Waals surface area (Å²) < 4.78 is 47.0. The van der Waals surface area contributed by atoms with Crippen molar-refractivity contribution in [3.63, 3.8) is 0 Å². The second kappa shape index (κ2) is 12.7. The number of hydrogen-bond donors (Lipinski definition) is 1. The fourth-order valence-electron chi connectivity index (χ4n) is 4.37. The number of nitrogens with zero attached hydrogens (tertiary/aromatic N) is 3. The van der Waals surface area contributed by atoms with E-state index in [-0.39, 0.29) is 30.3 Å². The Hall–Kier alpha value is -3.66. The van der Waals surface area contributed by atoms with Crippen LogP contribution in [0.5, 0.6) is 17.4 Å². The molecule has 3 aromatic rings. The molecule has 1 atom stereocenters. The topological polar surface area (TPSA) is 77.9 Å². The number of rotatable bonds is 11. The number of carbonyl (C=O) groups is 1. The monoisotopic (exact) mass is 528 g/mol. The molecule has 1 aliphatic rings. The van der Waals surface area contributed by atoms with E-state index in [0.29, 0.717) is 48.8 Å². The zero-order valence-corrected chi connectivity index (χ0v) is 22.0. The molecule has 1 aliphatic heterocycles. The molecule has 1 fully saturated rings. The first-order valence-corrected chi connectivity index (χ1v) is 13.0. The van der Waals surface area contributed by atoms with Gasteiger partial charge in [0.2, 0.25) is 5.88 Å². The molecule has 204 valence electrons. The quantitative estimate of drug-likeness (QED) is 0.350. The van der Waals surface area contributed by atoms with Gasteiger partial charge in [-0.3, -0.25) is 0 Å². The van der Waals surface area contributed by atoms with Crippen molar-refractivity contribution < 1.29 is 27.8 Å². The second-order valence-electron chi connectivity index (χ2n) is 9.12. The standard InChI is InChI=1S/C28H34F2N4O4/c1-4-14-31-28(35)33(17-22-7-6-15-37-22)18-23-25(5-2)32-34(20-9-11-21(36-3)12-10-20)27(23)38-26-13-8-19(29)16-24(26)30/h8-13,16,22H,4-7,14-15,17-18H2,1-3H3,(H,31,35). The highest BCUT2D eigenvalue weighted by atomic mass is 19.1. The van der Waals surface area contributed by atoms with Gasteiger partial charge in [-0.25, -0.2) is 18.3 Å². The molecule has 0 spiro atoms. The minimum atomic E-state index is -0.839. The van der Waals surface area contributed by atoms with Crippen LogP contribution in [-0.2, 0) is 17.7 Å². The van der Waals surface area contributed by atoms with Crippen LogP contribution in [0.3, 0.4) is 0 Å². The van der Waals surface area contributed by atoms with Crippen molar-refractivity contribution in [3.8, 4) is 23.1 Å². The van der Waals surface area contributed by atoms with E-state index in [1.807, 2.05) is 13.8 Å². The van der Waals surface area contributed by atoms with Crippen LogP contribution in [0.25, 0.3) is 5.69 Å². The third-order valence-corrected chi connectivity index (χ3v) is 6.38. The largest absolute Gasteiger partial charge is 0.497 e. The molecule has 10 heteroatoms. The number of halogens is 2. The van der Waals surface area contributed by atoms with Crippen molar-refractivity contribution in [1.82, 2.24) is 20.0 Å². The third-order valence-electron chi connectivity index (χ3n) is 6.38. The van der Waals surface area contributed by atoms with E-state index in [1.54, 1.807) is 41.0 Å². The number of benzene rings is 2. The number of ether oxygens (including phenoxy) is 3. The predicted molar refractivity (Wildman–Crippen MR) is 139 cm³/mol. The summed E-state index contributed by atoms with van der Waals surface area (Å²) in [7, 11) is 1.58. The van der Waals surface area contributed by atoms with Crippen LogP contribution < -0.4 is 14.8 Å². The lowest BCUT2D eigenvalue weighted by molar-refractivity contribution is 0.0792. The second-order valence-corrected chi connectivity index (χ2v) is 9.12. The van der Waals surface area contributed by atoms with Crippen molar-refractivity contribution >= 4 is 6.03 Å². The molecule has 1 unspecified atom stereocenters. The first kappa shape index (κ1) is 27.4. The maximum Gasteiger partial charge on any atom is 0.317 e. The minimum Gasteiger partial charge on any atom is -0.497 e. The summed E-state index contributed by atoms with van der Waals surface area (Å²) in [6.07, 6.45) is 3.09. The van der Waals surface area contributed by atoms with Gasteiger partial charge >= 0.3 is 6.03 Å². The molecule has 1 N–H and O–H groups in total. The van der Waals surface area contributed by atoms with Gasteiger partial charge in [-0.2, -0.15) is 5.10 Å². The number of urea groups is 1. The molecule has 1 aromatic heterocycles. The first-order valence-electron chi connectivity index (χ1n) is 13.0. The van der Waals surface area contributed by atoms with Crippen LogP contribution in [0, 0.1) is 11.6 Å². The zero-order chi connectivity index (χ0) is 27.1. The van der Waals surface area contributed by atoms with Gasteiger partial charge in [0, 0.05) is 25.8 Å². The zero-order valence-electron chi connectivity index (χ0n) is 22.0. The molecule has 0 bridgehead atoms. The Morgan fingerprint density at radius 1 is 1.21 bits per heavy atom. The Balaban J connectivity index is 1.77. The Kier molecular flexibility index (Phi) is 9.17. The molecule has 0 saturated carbocycles. The Labute approximate surface area is 221 Å². The van der Waals surface area contributed by atoms with Gasteiger partial charge in [0.1, 0.15) is 11.6 Å². The third kappa shape index (κ3) is 6.42. The van der Waals surface area contributed by atoms with Crippen LogP contribution in [0.2, 0.25) is 0 Å². The van der Waals surface area contributed by atoms with E-state index in [9.17, 15) is 13.6 Å². The number of aromatic nitrogens is 2. The average Bonchev–Trinajstić information content (AvgIpc) is 3.56. The predicted octanol–water partition coefficient (Wildman–Crippen LogP) is 5.61. The van der Waals surface area contributed by atoms with Gasteiger partial charge in [0.05, 0.1) is 36.7 Å². The van der Waals surface area contributed by atoms with Crippen molar-refractivity contribution in [2.24, 2.45) is 0 Å². The van der Waals surface area contributed by atoms with E-state index in [1.165, 1.54) is 6.07 Å². The molecule has 2 aromatic carbocycles. The molecule has 8 nitrogen and oxygen atoms in total. The molecule has 2 heterocycles. The van der Waals surface area contributed by atoms with Crippen LogP contribution in [-0.4, -0.2) is 53.6 Å². The summed E-state index contributed by atoms with van der Waals surface area (Å²) >= 11 is 0. The highest BCUT2D eigenvalue weighted by Gasteiger charge is 2.28. The van der Waals surface area contributed by atoms with Crippen molar-refractivity contribution in [2.75, 3.05) is 26.8 Å². The van der Waals surface area contributed by atoms with Crippen molar-refractivity contribution in [1.29, 1.82) is 0 Å². The molecule has 2 amide bonds. The highest BCUT2D eigenvalue weighted by molar-refractivity contribution is 5.74. The van der Waals surface area contributed by atoms with Gasteiger partial charge in [-0.1, -0.05) is 13.8 Å². The molecule has 4 rings (SSSR count). The minimum absolute atomic E-state index is 0.0667. The van der Waals surface area contributed by atoms with Gasteiger partial charge < -0.3 is 24.4 Å². The van der Waals surface area contributed by atoms with Gasteiger partial charge in [0.25, 0.3) is 0 Å². The first-order chi connectivity index (χ1) is 18.4. The number of methoxy groups -OCH3 is 1. The van der Waals surface area contributed by atoms with Gasteiger partial charge in [-0.15, -0.1) is 0 Å². The fourth-order valence-corrected chi connectivity index (χ4v) is 4.37. The smallest absolute Gasteiger partial charge is 0.317 e. The van der Waals surface area contributed by atoms with Gasteiger partial charge in [0.15, 0.2) is 11.6 Å². The summed E-state index contributed by atoms with van der Waals surface area (Å²) in [4.78, 5) is 14.9. The number of carbonyl (C=O) groups excluding carboxylic acids is 1. The maximum atomic E-state index is 14.7. The molecule has 0 aliphatic carbocycles. The SMILES string of the molecule is CCCNC(=O)N(Cc1c(CC)nn(-c2ccc(OC)cc2)c1Oc1ccc(F)cc1F)CC1CCCO1. The van der Waals surface area contributed by atoms with E-state index in [4.69, 9.17) is 19.3 Å². The molecule has 38 heavy (non-hydrogen) atoms. The highest BCUT2D eigenvalue weighted by Crippen LogP contribution is 2.34. The van der Waals surface area contributed by atoms with Crippen LogP contribution >= 0.6 is 0 Å². The summed E-state index contributed by atoms with van der Waals surface area (Å²) in [6, 6.07) is 10.1.